The summed E-state index contributed by atoms with van der Waals surface area (Å²) < 4.78 is 7.05. The molecule has 0 aliphatic carbocycles. The number of hydrogen-bond acceptors (Lipinski definition) is 2. The van der Waals surface area contributed by atoms with E-state index in [0.717, 1.165) is 32.0 Å². The summed E-state index contributed by atoms with van der Waals surface area (Å²) in [5, 5.41) is 2.68. The second-order valence-electron chi connectivity index (χ2n) is 8.40. The van der Waals surface area contributed by atoms with Gasteiger partial charge in [-0.1, -0.05) is 94.3 Å². The van der Waals surface area contributed by atoms with Crippen molar-refractivity contribution in [3.63, 3.8) is 0 Å². The highest BCUT2D eigenvalue weighted by molar-refractivity contribution is 6.99. The molecule has 0 unspecified atom stereocenters. The highest BCUT2D eigenvalue weighted by Gasteiger charge is 2.50. The Bertz CT molecular complexity index is 637. The molecule has 27 heavy (non-hydrogen) atoms. The number of carbonyl (C=O) groups excluding carboxylic acids is 1. The van der Waals surface area contributed by atoms with Gasteiger partial charge in [-0.2, -0.15) is 0 Å². The van der Waals surface area contributed by atoms with Crippen molar-refractivity contribution in [3.05, 3.63) is 60.7 Å². The number of hydrogen-bond donors (Lipinski definition) is 0. The molecular weight excluding hydrogens is 348 g/mol. The van der Waals surface area contributed by atoms with Gasteiger partial charge in [0.15, 0.2) is 0 Å². The summed E-state index contributed by atoms with van der Waals surface area (Å²) in [6, 6.07) is 21.6. The van der Waals surface area contributed by atoms with Crippen LogP contribution in [0.4, 0.5) is 0 Å². The molecule has 0 aliphatic rings. The standard InChI is InChI=1S/C24H34O2Si/c1-21(15-9-5-6-14-20-25)26-27(24(2,3)4,22-16-10-7-11-17-22)23-18-12-8-13-19-23/h7-8,10-13,16-21H,5-6,9,14-15H2,1-4H3/t21-/m0/s1. The minimum Gasteiger partial charge on any atom is -0.405 e. The molecule has 0 N–H and O–H groups in total. The average molecular weight is 383 g/mol. The third kappa shape index (κ3) is 5.39. The normalized spacial score (nSPS) is 13.3. The SMILES string of the molecule is C[C@@H](CCCCCC=O)O[Si](c1ccccc1)(c1ccccc1)C(C)(C)C. The molecule has 0 aromatic heterocycles. The van der Waals surface area contributed by atoms with E-state index in [4.69, 9.17) is 4.43 Å². The molecule has 2 rings (SSSR count). The molecule has 0 saturated heterocycles. The Morgan fingerprint density at radius 3 is 1.85 bits per heavy atom. The highest BCUT2D eigenvalue weighted by atomic mass is 28.4. The Balaban J connectivity index is 2.33. The summed E-state index contributed by atoms with van der Waals surface area (Å²) in [6.45, 7) is 9.15. The van der Waals surface area contributed by atoms with Crippen LogP contribution in [0.1, 0.15) is 59.8 Å². The Kier molecular flexibility index (Phi) is 8.00. The van der Waals surface area contributed by atoms with Gasteiger partial charge in [0, 0.05) is 12.5 Å². The molecule has 1 atom stereocenters. The van der Waals surface area contributed by atoms with Crippen molar-refractivity contribution in [2.45, 2.75) is 70.9 Å². The van der Waals surface area contributed by atoms with Crippen LogP contribution < -0.4 is 10.4 Å². The third-order valence-corrected chi connectivity index (χ3v) is 10.4. The van der Waals surface area contributed by atoms with E-state index in [0.29, 0.717) is 6.42 Å². The predicted octanol–water partition coefficient (Wildman–Crippen LogP) is 5.10. The molecule has 0 bridgehead atoms. The number of rotatable bonds is 10. The molecule has 0 radical (unpaired) electrons. The molecule has 0 aliphatic heterocycles. The van der Waals surface area contributed by atoms with Gasteiger partial charge in [0.05, 0.1) is 0 Å². The Hall–Kier alpha value is -1.71. The maximum absolute atomic E-state index is 10.5. The van der Waals surface area contributed by atoms with Crippen LogP contribution in [0.3, 0.4) is 0 Å². The molecule has 3 heteroatoms. The molecule has 0 saturated carbocycles. The molecule has 0 amide bonds. The second kappa shape index (κ2) is 10.0. The van der Waals surface area contributed by atoms with Crippen LogP contribution in [0.25, 0.3) is 0 Å². The van der Waals surface area contributed by atoms with Gasteiger partial charge in [-0.3, -0.25) is 0 Å². The van der Waals surface area contributed by atoms with Crippen LogP contribution in [0.5, 0.6) is 0 Å². The first-order chi connectivity index (χ1) is 12.9. The van der Waals surface area contributed by atoms with Crippen molar-refractivity contribution in [2.24, 2.45) is 0 Å². The van der Waals surface area contributed by atoms with Gasteiger partial charge in [-0.05, 0) is 35.2 Å². The largest absolute Gasteiger partial charge is 0.405 e. The first-order valence-electron chi connectivity index (χ1n) is 10.1. The van der Waals surface area contributed by atoms with Crippen molar-refractivity contribution in [1.29, 1.82) is 0 Å². The van der Waals surface area contributed by atoms with Crippen molar-refractivity contribution in [2.75, 3.05) is 0 Å². The van der Waals surface area contributed by atoms with E-state index in [-0.39, 0.29) is 11.1 Å². The van der Waals surface area contributed by atoms with Crippen molar-refractivity contribution < 1.29 is 9.22 Å². The Morgan fingerprint density at radius 2 is 1.41 bits per heavy atom. The first kappa shape index (κ1) is 21.6. The van der Waals surface area contributed by atoms with Crippen LogP contribution in [-0.2, 0) is 9.22 Å². The molecule has 146 valence electrons. The van der Waals surface area contributed by atoms with Gasteiger partial charge < -0.3 is 9.22 Å². The molecular formula is C24H34O2Si. The number of benzene rings is 2. The molecule has 0 fully saturated rings. The van der Waals surface area contributed by atoms with E-state index >= 15 is 0 Å². The second-order valence-corrected chi connectivity index (χ2v) is 12.6. The summed E-state index contributed by atoms with van der Waals surface area (Å²) in [4.78, 5) is 10.5. The number of aldehydes is 1. The fourth-order valence-corrected chi connectivity index (χ4v) is 8.62. The van der Waals surface area contributed by atoms with Gasteiger partial charge >= 0.3 is 0 Å². The lowest BCUT2D eigenvalue weighted by Crippen LogP contribution is -2.67. The smallest absolute Gasteiger partial charge is 0.261 e. The Morgan fingerprint density at radius 1 is 0.889 bits per heavy atom. The average Bonchev–Trinajstić information content (AvgIpc) is 2.66. The molecule has 2 aromatic rings. The first-order valence-corrected chi connectivity index (χ1v) is 12.0. The van der Waals surface area contributed by atoms with Gasteiger partial charge in [-0.25, -0.2) is 0 Å². The lowest BCUT2D eigenvalue weighted by Gasteiger charge is -2.44. The van der Waals surface area contributed by atoms with Crippen molar-refractivity contribution in [3.8, 4) is 0 Å². The van der Waals surface area contributed by atoms with E-state index in [1.165, 1.54) is 10.4 Å². The van der Waals surface area contributed by atoms with Gasteiger partial charge in [-0.15, -0.1) is 0 Å². The van der Waals surface area contributed by atoms with E-state index in [2.05, 4.69) is 88.4 Å². The Labute approximate surface area is 166 Å². The number of unbranched alkanes of at least 4 members (excludes halogenated alkanes) is 3. The van der Waals surface area contributed by atoms with Gasteiger partial charge in [0.2, 0.25) is 0 Å². The molecule has 0 spiro atoms. The van der Waals surface area contributed by atoms with Crippen LogP contribution in [0.2, 0.25) is 5.04 Å². The lowest BCUT2D eigenvalue weighted by molar-refractivity contribution is -0.107. The summed E-state index contributed by atoms with van der Waals surface area (Å²) in [6.07, 6.45) is 6.08. The van der Waals surface area contributed by atoms with Crippen LogP contribution in [0, 0.1) is 0 Å². The fraction of sp³-hybridized carbons (Fsp3) is 0.458. The van der Waals surface area contributed by atoms with E-state index in [9.17, 15) is 4.79 Å². The van der Waals surface area contributed by atoms with Crippen LogP contribution >= 0.6 is 0 Å². The summed E-state index contributed by atoms with van der Waals surface area (Å²) in [5.41, 5.74) is 0. The van der Waals surface area contributed by atoms with Crippen molar-refractivity contribution in [1.82, 2.24) is 0 Å². The van der Waals surface area contributed by atoms with Crippen molar-refractivity contribution >= 4 is 25.0 Å². The van der Waals surface area contributed by atoms with E-state index in [1.54, 1.807) is 0 Å². The predicted molar refractivity (Wildman–Crippen MR) is 117 cm³/mol. The fourth-order valence-electron chi connectivity index (χ4n) is 3.89. The zero-order valence-corrected chi connectivity index (χ0v) is 18.3. The van der Waals surface area contributed by atoms with Crippen LogP contribution in [0.15, 0.2) is 60.7 Å². The van der Waals surface area contributed by atoms with E-state index in [1.807, 2.05) is 0 Å². The number of carbonyl (C=O) groups is 1. The molecule has 2 nitrogen and oxygen atoms in total. The quantitative estimate of drug-likeness (QED) is 0.325. The lowest BCUT2D eigenvalue weighted by atomic mass is 10.1. The topological polar surface area (TPSA) is 26.3 Å². The summed E-state index contributed by atoms with van der Waals surface area (Å²) in [7, 11) is -2.44. The van der Waals surface area contributed by atoms with E-state index < -0.39 is 8.32 Å². The van der Waals surface area contributed by atoms with Crippen LogP contribution in [-0.4, -0.2) is 20.7 Å². The maximum atomic E-state index is 10.5. The monoisotopic (exact) mass is 382 g/mol. The highest BCUT2D eigenvalue weighted by Crippen LogP contribution is 2.37. The minimum atomic E-state index is -2.44. The zero-order chi connectivity index (χ0) is 19.8. The zero-order valence-electron chi connectivity index (χ0n) is 17.3. The molecule has 0 heterocycles. The summed E-state index contributed by atoms with van der Waals surface area (Å²) in [5.74, 6) is 0. The maximum Gasteiger partial charge on any atom is 0.261 e. The van der Waals surface area contributed by atoms with Gasteiger partial charge in [0.1, 0.15) is 6.29 Å². The van der Waals surface area contributed by atoms with Gasteiger partial charge in [0.25, 0.3) is 8.32 Å². The minimum absolute atomic E-state index is 0.0154. The summed E-state index contributed by atoms with van der Waals surface area (Å²) >= 11 is 0. The third-order valence-electron chi connectivity index (χ3n) is 5.23. The molecule has 2 aromatic carbocycles.